The van der Waals surface area contributed by atoms with Gasteiger partial charge in [-0.3, -0.25) is 9.59 Å². The maximum absolute atomic E-state index is 11.7. The Hall–Kier alpha value is -2.02. The van der Waals surface area contributed by atoms with Crippen LogP contribution in [0.15, 0.2) is 45.0 Å². The molecule has 7 heteroatoms. The van der Waals surface area contributed by atoms with Crippen LogP contribution in [0.5, 0.6) is 0 Å². The summed E-state index contributed by atoms with van der Waals surface area (Å²) in [5.41, 5.74) is -0.234. The van der Waals surface area contributed by atoms with E-state index in [1.165, 1.54) is 24.0 Å². The van der Waals surface area contributed by atoms with Gasteiger partial charge in [0.15, 0.2) is 5.16 Å². The molecule has 2 rings (SSSR count). The normalized spacial score (nSPS) is 12.1. The molecule has 0 saturated carbocycles. The summed E-state index contributed by atoms with van der Waals surface area (Å²) in [4.78, 5) is 29.3. The van der Waals surface area contributed by atoms with Gasteiger partial charge in [-0.2, -0.15) is 0 Å². The fourth-order valence-electron chi connectivity index (χ4n) is 1.45. The Bertz CT molecular complexity index is 594. The Labute approximate surface area is 113 Å². The molecule has 2 heterocycles. The van der Waals surface area contributed by atoms with Crippen LogP contribution in [0.3, 0.4) is 0 Å². The van der Waals surface area contributed by atoms with Crippen LogP contribution in [0.4, 0.5) is 0 Å². The summed E-state index contributed by atoms with van der Waals surface area (Å²) < 4.78 is 5.19. The van der Waals surface area contributed by atoms with Crippen molar-refractivity contribution in [2.45, 2.75) is 18.1 Å². The predicted molar refractivity (Wildman–Crippen MR) is 70.8 cm³/mol. The van der Waals surface area contributed by atoms with E-state index in [0.717, 1.165) is 0 Å². The van der Waals surface area contributed by atoms with Crippen molar-refractivity contribution < 1.29 is 9.21 Å². The topological polar surface area (TPSA) is 88.0 Å². The first kappa shape index (κ1) is 13.4. The Morgan fingerprint density at radius 3 is 3.11 bits per heavy atom. The van der Waals surface area contributed by atoms with E-state index in [-0.39, 0.29) is 23.3 Å². The fourth-order valence-corrected chi connectivity index (χ4v) is 2.11. The molecule has 0 bridgehead atoms. The number of nitrogens with one attached hydrogen (secondary N) is 2. The Kier molecular flexibility index (Phi) is 4.40. The van der Waals surface area contributed by atoms with Crippen molar-refractivity contribution in [2.75, 3.05) is 5.75 Å². The van der Waals surface area contributed by atoms with Crippen LogP contribution >= 0.6 is 11.8 Å². The highest BCUT2D eigenvalue weighted by Crippen LogP contribution is 2.14. The molecule has 0 radical (unpaired) electrons. The second kappa shape index (κ2) is 6.24. The number of carbonyl (C=O) groups excluding carboxylic acids is 1. The van der Waals surface area contributed by atoms with Gasteiger partial charge in [-0.25, -0.2) is 4.98 Å². The molecule has 0 unspecified atom stereocenters. The van der Waals surface area contributed by atoms with Gasteiger partial charge in [-0.1, -0.05) is 11.8 Å². The van der Waals surface area contributed by atoms with Crippen LogP contribution in [-0.4, -0.2) is 21.6 Å². The van der Waals surface area contributed by atoms with Crippen molar-refractivity contribution in [3.05, 3.63) is 46.8 Å². The fraction of sp³-hybridized carbons (Fsp3) is 0.250. The zero-order valence-electron chi connectivity index (χ0n) is 10.3. The molecule has 2 N–H and O–H groups in total. The molecular formula is C12H13N3O3S. The molecule has 2 aromatic heterocycles. The molecular weight excluding hydrogens is 266 g/mol. The number of carbonyl (C=O) groups is 1. The monoisotopic (exact) mass is 279 g/mol. The number of furan rings is 1. The van der Waals surface area contributed by atoms with Crippen LogP contribution in [0.25, 0.3) is 0 Å². The lowest BCUT2D eigenvalue weighted by Crippen LogP contribution is -2.28. The highest BCUT2D eigenvalue weighted by molar-refractivity contribution is 7.99. The Morgan fingerprint density at radius 2 is 2.42 bits per heavy atom. The van der Waals surface area contributed by atoms with E-state index in [2.05, 4.69) is 15.3 Å². The Balaban J connectivity index is 1.83. The summed E-state index contributed by atoms with van der Waals surface area (Å²) >= 11 is 1.17. The lowest BCUT2D eigenvalue weighted by molar-refractivity contribution is -0.119. The summed E-state index contributed by atoms with van der Waals surface area (Å²) in [5.74, 6) is 0.725. The summed E-state index contributed by atoms with van der Waals surface area (Å²) in [5, 5.41) is 3.22. The van der Waals surface area contributed by atoms with Gasteiger partial charge in [0.2, 0.25) is 5.91 Å². The van der Waals surface area contributed by atoms with Gasteiger partial charge in [-0.15, -0.1) is 0 Å². The van der Waals surface area contributed by atoms with Crippen molar-refractivity contribution >= 4 is 17.7 Å². The number of nitrogens with zero attached hydrogens (tertiary/aromatic N) is 1. The van der Waals surface area contributed by atoms with Gasteiger partial charge >= 0.3 is 0 Å². The SMILES string of the molecule is C[C@@H](NC(=O)CSc1nccc(=O)[nH]1)c1ccco1. The maximum Gasteiger partial charge on any atom is 0.251 e. The smallest absolute Gasteiger partial charge is 0.251 e. The number of H-pyrrole nitrogens is 1. The third-order valence-corrected chi connectivity index (χ3v) is 3.22. The first-order valence-corrected chi connectivity index (χ1v) is 6.64. The van der Waals surface area contributed by atoms with Crippen LogP contribution in [0.1, 0.15) is 18.7 Å². The molecule has 19 heavy (non-hydrogen) atoms. The number of hydrogen-bond donors (Lipinski definition) is 2. The van der Waals surface area contributed by atoms with E-state index in [1.54, 1.807) is 18.4 Å². The van der Waals surface area contributed by atoms with Gasteiger partial charge in [0.25, 0.3) is 5.56 Å². The van der Waals surface area contributed by atoms with E-state index >= 15 is 0 Å². The predicted octanol–water partition coefficient (Wildman–Crippen LogP) is 1.33. The van der Waals surface area contributed by atoms with Crippen molar-refractivity contribution in [2.24, 2.45) is 0 Å². The highest BCUT2D eigenvalue weighted by Gasteiger charge is 2.12. The molecule has 0 aliphatic carbocycles. The third kappa shape index (κ3) is 3.99. The quantitative estimate of drug-likeness (QED) is 0.637. The van der Waals surface area contributed by atoms with Crippen LogP contribution in [-0.2, 0) is 4.79 Å². The van der Waals surface area contributed by atoms with Gasteiger partial charge in [0.1, 0.15) is 5.76 Å². The highest BCUT2D eigenvalue weighted by atomic mass is 32.2. The number of hydrogen-bond acceptors (Lipinski definition) is 5. The average Bonchev–Trinajstić information content (AvgIpc) is 2.90. The molecule has 100 valence electrons. The van der Waals surface area contributed by atoms with Crippen molar-refractivity contribution in [1.29, 1.82) is 0 Å². The molecule has 0 fully saturated rings. The summed E-state index contributed by atoms with van der Waals surface area (Å²) in [7, 11) is 0. The van der Waals surface area contributed by atoms with Crippen LogP contribution in [0, 0.1) is 0 Å². The first-order valence-electron chi connectivity index (χ1n) is 5.66. The van der Waals surface area contributed by atoms with Crippen LogP contribution < -0.4 is 10.9 Å². The zero-order valence-corrected chi connectivity index (χ0v) is 11.1. The van der Waals surface area contributed by atoms with Crippen molar-refractivity contribution in [3.8, 4) is 0 Å². The van der Waals surface area contributed by atoms with Gasteiger partial charge < -0.3 is 14.7 Å². The van der Waals surface area contributed by atoms with Gasteiger partial charge in [-0.05, 0) is 19.1 Å². The number of amides is 1. The van der Waals surface area contributed by atoms with Gasteiger partial charge in [0.05, 0.1) is 18.1 Å². The minimum absolute atomic E-state index is 0.152. The maximum atomic E-state index is 11.7. The molecule has 0 aliphatic heterocycles. The number of aromatic nitrogens is 2. The first-order chi connectivity index (χ1) is 9.15. The molecule has 0 aromatic carbocycles. The molecule has 1 amide bonds. The van der Waals surface area contributed by atoms with E-state index in [0.29, 0.717) is 10.9 Å². The second-order valence-electron chi connectivity index (χ2n) is 3.83. The van der Waals surface area contributed by atoms with E-state index < -0.39 is 0 Å². The lowest BCUT2D eigenvalue weighted by atomic mass is 10.2. The molecule has 0 spiro atoms. The zero-order chi connectivity index (χ0) is 13.7. The van der Waals surface area contributed by atoms with Crippen LogP contribution in [0.2, 0.25) is 0 Å². The summed E-state index contributed by atoms with van der Waals surface area (Å²) in [6.45, 7) is 1.84. The molecule has 6 nitrogen and oxygen atoms in total. The minimum atomic E-state index is -0.234. The van der Waals surface area contributed by atoms with Crippen molar-refractivity contribution in [3.63, 3.8) is 0 Å². The number of rotatable bonds is 5. The third-order valence-electron chi connectivity index (χ3n) is 2.34. The summed E-state index contributed by atoms with van der Waals surface area (Å²) in [6.07, 6.45) is 2.97. The Morgan fingerprint density at radius 1 is 1.58 bits per heavy atom. The molecule has 0 aliphatic rings. The van der Waals surface area contributed by atoms with Crippen molar-refractivity contribution in [1.82, 2.24) is 15.3 Å². The van der Waals surface area contributed by atoms with E-state index in [1.807, 2.05) is 6.92 Å². The van der Waals surface area contributed by atoms with Gasteiger partial charge in [0, 0.05) is 12.3 Å². The van der Waals surface area contributed by atoms with E-state index in [4.69, 9.17) is 4.42 Å². The summed E-state index contributed by atoms with van der Waals surface area (Å²) in [6, 6.07) is 4.70. The lowest BCUT2D eigenvalue weighted by Gasteiger charge is -2.10. The molecule has 1 atom stereocenters. The average molecular weight is 279 g/mol. The molecule has 0 saturated heterocycles. The largest absolute Gasteiger partial charge is 0.467 e. The molecule has 2 aromatic rings. The second-order valence-corrected chi connectivity index (χ2v) is 4.80. The minimum Gasteiger partial charge on any atom is -0.467 e. The van der Waals surface area contributed by atoms with E-state index in [9.17, 15) is 9.59 Å². The number of thioether (sulfide) groups is 1. The standard InChI is InChI=1S/C12H13N3O3S/c1-8(9-3-2-6-18-9)14-11(17)7-19-12-13-5-4-10(16)15-12/h2-6,8H,7H2,1H3,(H,14,17)(H,13,15,16)/t8-/m1/s1. The number of aromatic amines is 1.